The molecule has 0 radical (unpaired) electrons. The van der Waals surface area contributed by atoms with Gasteiger partial charge in [-0.05, 0) is 37.8 Å². The van der Waals surface area contributed by atoms with E-state index < -0.39 is 0 Å². The lowest BCUT2D eigenvalue weighted by atomic mass is 9.85. The topological polar surface area (TPSA) is 32.3 Å². The van der Waals surface area contributed by atoms with Gasteiger partial charge < -0.3 is 9.80 Å². The quantitative estimate of drug-likeness (QED) is 0.859. The number of rotatable bonds is 3. The Hall–Kier alpha value is -1.16. The Labute approximate surface area is 133 Å². The summed E-state index contributed by atoms with van der Waals surface area (Å²) < 4.78 is 0. The number of hydrogen-bond donors (Lipinski definition) is 0. The molecule has 0 aromatic carbocycles. The minimum absolute atomic E-state index is 0.618. The van der Waals surface area contributed by atoms with Crippen LogP contribution in [0.25, 0.3) is 0 Å². The van der Waals surface area contributed by atoms with Crippen molar-refractivity contribution in [2.75, 3.05) is 25.0 Å². The van der Waals surface area contributed by atoms with E-state index in [4.69, 9.17) is 9.97 Å². The lowest BCUT2D eigenvalue weighted by Crippen LogP contribution is -2.53. The molecular formula is C18H28N4. The van der Waals surface area contributed by atoms with Gasteiger partial charge in [0.25, 0.3) is 0 Å². The fourth-order valence-corrected chi connectivity index (χ4v) is 4.75. The Morgan fingerprint density at radius 2 is 1.59 bits per heavy atom. The SMILES string of the molecule is CN1CC2CCC(C1)N2c1ncc(CC2CCCCC2)cn1. The van der Waals surface area contributed by atoms with Gasteiger partial charge in [0.05, 0.1) is 0 Å². The van der Waals surface area contributed by atoms with Crippen LogP contribution in [0.4, 0.5) is 5.95 Å². The summed E-state index contributed by atoms with van der Waals surface area (Å²) in [5.74, 6) is 1.83. The first kappa shape index (κ1) is 14.4. The summed E-state index contributed by atoms with van der Waals surface area (Å²) >= 11 is 0. The molecule has 2 atom stereocenters. The van der Waals surface area contributed by atoms with Crippen LogP contribution in [-0.2, 0) is 6.42 Å². The average molecular weight is 300 g/mol. The highest BCUT2D eigenvalue weighted by molar-refractivity contribution is 5.37. The predicted octanol–water partition coefficient (Wildman–Crippen LogP) is 2.88. The van der Waals surface area contributed by atoms with E-state index in [0.717, 1.165) is 25.0 Å². The van der Waals surface area contributed by atoms with Gasteiger partial charge in [-0.1, -0.05) is 32.1 Å². The summed E-state index contributed by atoms with van der Waals surface area (Å²) in [6.07, 6.45) is 15.0. The Kier molecular flexibility index (Phi) is 4.03. The van der Waals surface area contributed by atoms with Crippen molar-refractivity contribution in [2.24, 2.45) is 5.92 Å². The molecule has 4 rings (SSSR count). The van der Waals surface area contributed by atoms with Gasteiger partial charge in [0, 0.05) is 37.6 Å². The molecule has 0 amide bonds. The molecule has 1 aromatic rings. The van der Waals surface area contributed by atoms with Gasteiger partial charge in [-0.3, -0.25) is 0 Å². The van der Waals surface area contributed by atoms with Gasteiger partial charge in [0.1, 0.15) is 0 Å². The summed E-state index contributed by atoms with van der Waals surface area (Å²) in [6, 6.07) is 1.24. The van der Waals surface area contributed by atoms with Crippen molar-refractivity contribution < 1.29 is 0 Å². The van der Waals surface area contributed by atoms with Crippen molar-refractivity contribution in [1.82, 2.24) is 14.9 Å². The molecule has 0 spiro atoms. The summed E-state index contributed by atoms with van der Waals surface area (Å²) in [5, 5.41) is 0. The first-order valence-electron chi connectivity index (χ1n) is 9.07. The maximum absolute atomic E-state index is 4.73. The maximum atomic E-state index is 4.73. The van der Waals surface area contributed by atoms with Gasteiger partial charge in [0.15, 0.2) is 0 Å². The zero-order valence-electron chi connectivity index (χ0n) is 13.7. The van der Waals surface area contributed by atoms with Crippen LogP contribution in [0, 0.1) is 5.92 Å². The van der Waals surface area contributed by atoms with E-state index in [9.17, 15) is 0 Å². The fraction of sp³-hybridized carbons (Fsp3) is 0.778. The third kappa shape index (κ3) is 2.85. The maximum Gasteiger partial charge on any atom is 0.225 e. The van der Waals surface area contributed by atoms with Gasteiger partial charge in [0.2, 0.25) is 5.95 Å². The van der Waals surface area contributed by atoms with E-state index in [1.54, 1.807) is 0 Å². The summed E-state index contributed by atoms with van der Waals surface area (Å²) in [7, 11) is 2.23. The van der Waals surface area contributed by atoms with E-state index in [1.807, 2.05) is 0 Å². The number of anilines is 1. The number of nitrogens with zero attached hydrogens (tertiary/aromatic N) is 4. The molecule has 1 saturated carbocycles. The van der Waals surface area contributed by atoms with Gasteiger partial charge >= 0.3 is 0 Å². The minimum atomic E-state index is 0.618. The van der Waals surface area contributed by atoms with E-state index in [2.05, 4.69) is 29.2 Å². The molecular weight excluding hydrogens is 272 g/mol. The largest absolute Gasteiger partial charge is 0.332 e. The van der Waals surface area contributed by atoms with Crippen LogP contribution in [0.5, 0.6) is 0 Å². The normalized spacial score (nSPS) is 30.0. The second kappa shape index (κ2) is 6.15. The third-order valence-electron chi connectivity index (χ3n) is 5.84. The highest BCUT2D eigenvalue weighted by atomic mass is 15.4. The Bertz CT molecular complexity index is 480. The first-order valence-corrected chi connectivity index (χ1v) is 9.07. The Morgan fingerprint density at radius 1 is 0.955 bits per heavy atom. The number of hydrogen-bond acceptors (Lipinski definition) is 4. The molecule has 4 heteroatoms. The van der Waals surface area contributed by atoms with Crippen molar-refractivity contribution in [1.29, 1.82) is 0 Å². The van der Waals surface area contributed by atoms with Crippen molar-refractivity contribution in [3.05, 3.63) is 18.0 Å². The minimum Gasteiger partial charge on any atom is -0.332 e. The lowest BCUT2D eigenvalue weighted by molar-refractivity contribution is 0.262. The average Bonchev–Trinajstić information content (AvgIpc) is 2.81. The van der Waals surface area contributed by atoms with Crippen LogP contribution < -0.4 is 4.90 Å². The molecule has 0 N–H and O–H groups in total. The number of aromatic nitrogens is 2. The predicted molar refractivity (Wildman–Crippen MR) is 89.1 cm³/mol. The third-order valence-corrected chi connectivity index (χ3v) is 5.84. The molecule has 22 heavy (non-hydrogen) atoms. The van der Waals surface area contributed by atoms with E-state index in [0.29, 0.717) is 12.1 Å². The second-order valence-electron chi connectivity index (χ2n) is 7.61. The molecule has 3 fully saturated rings. The van der Waals surface area contributed by atoms with Crippen LogP contribution in [0.1, 0.15) is 50.5 Å². The molecule has 3 aliphatic rings. The van der Waals surface area contributed by atoms with Crippen molar-refractivity contribution in [2.45, 2.75) is 63.5 Å². The van der Waals surface area contributed by atoms with Gasteiger partial charge in [-0.25, -0.2) is 9.97 Å². The molecule has 2 aliphatic heterocycles. The van der Waals surface area contributed by atoms with Crippen LogP contribution >= 0.6 is 0 Å². The summed E-state index contributed by atoms with van der Waals surface area (Å²) in [6.45, 7) is 2.31. The number of fused-ring (bicyclic) bond motifs is 2. The van der Waals surface area contributed by atoms with Crippen molar-refractivity contribution in [3.8, 4) is 0 Å². The lowest BCUT2D eigenvalue weighted by Gasteiger charge is -2.39. The molecule has 2 bridgehead atoms. The molecule has 2 saturated heterocycles. The van der Waals surface area contributed by atoms with Crippen molar-refractivity contribution >= 4 is 5.95 Å². The number of likely N-dealkylation sites (tertiary alicyclic amines) is 1. The molecule has 1 aromatic heterocycles. The van der Waals surface area contributed by atoms with Crippen LogP contribution in [0.2, 0.25) is 0 Å². The monoisotopic (exact) mass is 300 g/mol. The van der Waals surface area contributed by atoms with E-state index >= 15 is 0 Å². The molecule has 2 unspecified atom stereocenters. The zero-order valence-corrected chi connectivity index (χ0v) is 13.7. The van der Waals surface area contributed by atoms with Crippen molar-refractivity contribution in [3.63, 3.8) is 0 Å². The number of piperazine rings is 1. The first-order chi connectivity index (χ1) is 10.8. The highest BCUT2D eigenvalue weighted by Crippen LogP contribution is 2.32. The van der Waals surface area contributed by atoms with E-state index in [-0.39, 0.29) is 0 Å². The summed E-state index contributed by atoms with van der Waals surface area (Å²) in [5.41, 5.74) is 1.33. The zero-order chi connectivity index (χ0) is 14.9. The van der Waals surface area contributed by atoms with Crippen LogP contribution in [0.3, 0.4) is 0 Å². The van der Waals surface area contributed by atoms with Gasteiger partial charge in [-0.2, -0.15) is 0 Å². The Morgan fingerprint density at radius 3 is 2.23 bits per heavy atom. The second-order valence-corrected chi connectivity index (χ2v) is 7.61. The van der Waals surface area contributed by atoms with Crippen LogP contribution in [-0.4, -0.2) is 47.1 Å². The standard InChI is InChI=1S/C18H28N4/c1-21-12-16-7-8-17(13-21)22(16)18-19-10-15(11-20-18)9-14-5-3-2-4-6-14/h10-11,14,16-17H,2-9,12-13H2,1H3. The molecule has 1 aliphatic carbocycles. The van der Waals surface area contributed by atoms with Gasteiger partial charge in [-0.15, -0.1) is 0 Å². The fourth-order valence-electron chi connectivity index (χ4n) is 4.75. The molecule has 120 valence electrons. The Balaban J connectivity index is 1.43. The molecule has 3 heterocycles. The smallest absolute Gasteiger partial charge is 0.225 e. The van der Waals surface area contributed by atoms with Crippen LogP contribution in [0.15, 0.2) is 12.4 Å². The summed E-state index contributed by atoms with van der Waals surface area (Å²) in [4.78, 5) is 14.4. The number of likely N-dealkylation sites (N-methyl/N-ethyl adjacent to an activating group) is 1. The molecule has 4 nitrogen and oxygen atoms in total. The van der Waals surface area contributed by atoms with E-state index in [1.165, 1.54) is 56.9 Å². The highest BCUT2D eigenvalue weighted by Gasteiger charge is 2.40.